The topological polar surface area (TPSA) is 63.1 Å². The Bertz CT molecular complexity index is 433. The van der Waals surface area contributed by atoms with Crippen LogP contribution in [-0.4, -0.2) is 21.0 Å². The van der Waals surface area contributed by atoms with Crippen LogP contribution in [0.15, 0.2) is 17.8 Å². The molecule has 1 aromatic heterocycles. The lowest BCUT2D eigenvalue weighted by atomic mass is 10.1. The number of nitrogens with zero attached hydrogens (tertiary/aromatic N) is 2. The van der Waals surface area contributed by atoms with Crippen LogP contribution in [0, 0.1) is 0 Å². The van der Waals surface area contributed by atoms with Gasteiger partial charge in [-0.25, -0.2) is 9.78 Å². The lowest BCUT2D eigenvalue weighted by Gasteiger charge is -2.03. The van der Waals surface area contributed by atoms with Gasteiger partial charge in [0.15, 0.2) is 5.15 Å². The largest absolute Gasteiger partial charge is 0.478 e. The molecule has 0 spiro atoms. The number of hydrogen-bond donors (Lipinski definition) is 1. The predicted molar refractivity (Wildman–Crippen MR) is 61.8 cm³/mol. The minimum Gasteiger partial charge on any atom is -0.478 e. The summed E-state index contributed by atoms with van der Waals surface area (Å²) in [6.07, 6.45) is 3.75. The van der Waals surface area contributed by atoms with Crippen molar-refractivity contribution in [2.24, 2.45) is 0 Å². The summed E-state index contributed by atoms with van der Waals surface area (Å²) in [6.45, 7) is 1.86. The highest BCUT2D eigenvalue weighted by Gasteiger charge is 2.12. The zero-order valence-corrected chi connectivity index (χ0v) is 10.1. The van der Waals surface area contributed by atoms with Crippen LogP contribution in [0.2, 0.25) is 10.3 Å². The average molecular weight is 261 g/mol. The number of hydrogen-bond acceptors (Lipinski definition) is 3. The molecule has 0 aliphatic rings. The van der Waals surface area contributed by atoms with Crippen molar-refractivity contribution in [3.05, 3.63) is 33.8 Å². The number of allylic oxidation sites excluding steroid dienone is 1. The summed E-state index contributed by atoms with van der Waals surface area (Å²) in [4.78, 5) is 18.6. The van der Waals surface area contributed by atoms with E-state index >= 15 is 0 Å². The van der Waals surface area contributed by atoms with E-state index in [9.17, 15) is 4.79 Å². The molecule has 0 saturated heterocycles. The van der Waals surface area contributed by atoms with Crippen molar-refractivity contribution < 1.29 is 9.90 Å². The summed E-state index contributed by atoms with van der Waals surface area (Å²) >= 11 is 11.4. The van der Waals surface area contributed by atoms with E-state index in [2.05, 4.69) is 9.97 Å². The van der Waals surface area contributed by atoms with Gasteiger partial charge in [-0.15, -0.1) is 0 Å². The highest BCUT2D eigenvalue weighted by molar-refractivity contribution is 6.32. The molecule has 1 aromatic rings. The van der Waals surface area contributed by atoms with E-state index in [1.807, 2.05) is 6.92 Å². The third kappa shape index (κ3) is 3.47. The summed E-state index contributed by atoms with van der Waals surface area (Å²) in [7, 11) is 0. The van der Waals surface area contributed by atoms with Gasteiger partial charge in [-0.3, -0.25) is 4.98 Å². The fourth-order valence-electron chi connectivity index (χ4n) is 1.15. The van der Waals surface area contributed by atoms with Crippen molar-refractivity contribution in [1.29, 1.82) is 0 Å². The Kier molecular flexibility index (Phi) is 4.71. The molecule has 0 unspecified atom stereocenters. The summed E-state index contributed by atoms with van der Waals surface area (Å²) in [5.41, 5.74) is 0.661. The molecule has 1 heterocycles. The molecule has 16 heavy (non-hydrogen) atoms. The van der Waals surface area contributed by atoms with Gasteiger partial charge in [-0.1, -0.05) is 36.2 Å². The molecule has 0 atom stereocenters. The maximum absolute atomic E-state index is 10.9. The monoisotopic (exact) mass is 260 g/mol. The van der Waals surface area contributed by atoms with Gasteiger partial charge < -0.3 is 5.11 Å². The molecule has 0 amide bonds. The normalized spacial score (nSPS) is 11.6. The van der Waals surface area contributed by atoms with Crippen LogP contribution in [0.5, 0.6) is 0 Å². The zero-order valence-electron chi connectivity index (χ0n) is 8.57. The summed E-state index contributed by atoms with van der Waals surface area (Å²) in [5, 5.41) is 9.25. The first-order valence-corrected chi connectivity index (χ1v) is 5.39. The Morgan fingerprint density at radius 1 is 1.56 bits per heavy atom. The second-order valence-electron chi connectivity index (χ2n) is 3.05. The van der Waals surface area contributed by atoms with Gasteiger partial charge in [0, 0.05) is 12.0 Å². The van der Waals surface area contributed by atoms with Crippen LogP contribution < -0.4 is 0 Å². The molecule has 0 radical (unpaired) electrons. The Labute approximate surface area is 103 Å². The lowest BCUT2D eigenvalue weighted by Crippen LogP contribution is -2.06. The van der Waals surface area contributed by atoms with Crippen molar-refractivity contribution in [2.75, 3.05) is 0 Å². The van der Waals surface area contributed by atoms with Crippen LogP contribution in [0.1, 0.15) is 19.0 Å². The third-order valence-electron chi connectivity index (χ3n) is 1.85. The van der Waals surface area contributed by atoms with E-state index in [1.54, 1.807) is 6.08 Å². The maximum atomic E-state index is 10.9. The molecule has 86 valence electrons. The van der Waals surface area contributed by atoms with E-state index < -0.39 is 5.97 Å². The molecule has 4 nitrogen and oxygen atoms in total. The first-order chi connectivity index (χ1) is 7.54. The quantitative estimate of drug-likeness (QED) is 0.846. The van der Waals surface area contributed by atoms with Crippen molar-refractivity contribution >= 4 is 29.2 Å². The number of carboxylic acids is 1. The Morgan fingerprint density at radius 3 is 2.75 bits per heavy atom. The highest BCUT2D eigenvalue weighted by atomic mass is 35.5. The van der Waals surface area contributed by atoms with E-state index in [-0.39, 0.29) is 22.3 Å². The summed E-state index contributed by atoms with van der Waals surface area (Å²) < 4.78 is 0. The SMILES string of the molecule is CCC=C(Cc1ncc(Cl)nc1Cl)C(=O)O. The van der Waals surface area contributed by atoms with Gasteiger partial charge in [-0.2, -0.15) is 0 Å². The summed E-state index contributed by atoms with van der Waals surface area (Å²) in [6, 6.07) is 0. The molecule has 0 aliphatic heterocycles. The maximum Gasteiger partial charge on any atom is 0.331 e. The van der Waals surface area contributed by atoms with E-state index in [4.69, 9.17) is 28.3 Å². The number of halogens is 2. The van der Waals surface area contributed by atoms with Gasteiger partial charge in [0.2, 0.25) is 0 Å². The van der Waals surface area contributed by atoms with Crippen molar-refractivity contribution in [2.45, 2.75) is 19.8 Å². The van der Waals surface area contributed by atoms with Gasteiger partial charge in [-0.05, 0) is 6.42 Å². The van der Waals surface area contributed by atoms with Crippen molar-refractivity contribution in [1.82, 2.24) is 9.97 Å². The van der Waals surface area contributed by atoms with E-state index in [0.717, 1.165) is 0 Å². The van der Waals surface area contributed by atoms with Crippen LogP contribution in [-0.2, 0) is 11.2 Å². The second-order valence-corrected chi connectivity index (χ2v) is 3.80. The first kappa shape index (κ1) is 12.9. The van der Waals surface area contributed by atoms with Crippen LogP contribution in [0.25, 0.3) is 0 Å². The molecule has 0 aliphatic carbocycles. The molecular weight excluding hydrogens is 251 g/mol. The van der Waals surface area contributed by atoms with Crippen LogP contribution in [0.3, 0.4) is 0 Å². The smallest absolute Gasteiger partial charge is 0.331 e. The van der Waals surface area contributed by atoms with Crippen molar-refractivity contribution in [3.63, 3.8) is 0 Å². The number of aliphatic carboxylic acids is 1. The molecule has 0 aromatic carbocycles. The third-order valence-corrected chi connectivity index (χ3v) is 2.34. The minimum absolute atomic E-state index is 0.135. The second kappa shape index (κ2) is 5.82. The van der Waals surface area contributed by atoms with E-state index in [0.29, 0.717) is 12.1 Å². The molecule has 1 N–H and O–H groups in total. The molecule has 1 rings (SSSR count). The van der Waals surface area contributed by atoms with Gasteiger partial charge in [0.1, 0.15) is 5.15 Å². The molecule has 0 fully saturated rings. The number of carboxylic acid groups (broad SMARTS) is 1. The molecular formula is C10H10Cl2N2O2. The first-order valence-electron chi connectivity index (χ1n) is 4.63. The van der Waals surface area contributed by atoms with Crippen molar-refractivity contribution in [3.8, 4) is 0 Å². The average Bonchev–Trinajstić information content (AvgIpc) is 2.20. The molecule has 0 saturated carbocycles. The van der Waals surface area contributed by atoms with Crippen LogP contribution >= 0.6 is 23.2 Å². The Balaban J connectivity index is 2.94. The predicted octanol–water partition coefficient (Wildman–Crippen LogP) is 2.75. The Hall–Kier alpha value is -1.13. The zero-order chi connectivity index (χ0) is 12.1. The molecule has 6 heteroatoms. The standard InChI is InChI=1S/C10H10Cl2N2O2/c1-2-3-6(10(15)16)4-7-9(12)14-8(11)5-13-7/h3,5H,2,4H2,1H3,(H,15,16). The fourth-order valence-corrected chi connectivity index (χ4v) is 1.54. The molecule has 0 bridgehead atoms. The fraction of sp³-hybridized carbons (Fsp3) is 0.300. The van der Waals surface area contributed by atoms with E-state index in [1.165, 1.54) is 6.20 Å². The lowest BCUT2D eigenvalue weighted by molar-refractivity contribution is -0.132. The Morgan fingerprint density at radius 2 is 2.25 bits per heavy atom. The summed E-state index contributed by atoms with van der Waals surface area (Å²) in [5.74, 6) is -0.977. The van der Waals surface area contributed by atoms with Gasteiger partial charge >= 0.3 is 5.97 Å². The highest BCUT2D eigenvalue weighted by Crippen LogP contribution is 2.17. The van der Waals surface area contributed by atoms with Gasteiger partial charge in [0.25, 0.3) is 0 Å². The van der Waals surface area contributed by atoms with Crippen LogP contribution in [0.4, 0.5) is 0 Å². The van der Waals surface area contributed by atoms with Gasteiger partial charge in [0.05, 0.1) is 11.9 Å². The number of carbonyl (C=O) groups is 1. The number of rotatable bonds is 4. The minimum atomic E-state index is -0.977. The number of aromatic nitrogens is 2.